The number of carbonyl (C=O) groups excluding carboxylic acids is 1. The van der Waals surface area contributed by atoms with Gasteiger partial charge in [0.15, 0.2) is 0 Å². The fourth-order valence-electron chi connectivity index (χ4n) is 2.09. The van der Waals surface area contributed by atoms with Crippen molar-refractivity contribution in [2.75, 3.05) is 25.4 Å². The molecule has 4 nitrogen and oxygen atoms in total. The van der Waals surface area contributed by atoms with E-state index in [-0.39, 0.29) is 5.91 Å². The number of nitrogens with one attached hydrogen (secondary N) is 1. The molecule has 1 saturated heterocycles. The van der Waals surface area contributed by atoms with E-state index < -0.39 is 0 Å². The van der Waals surface area contributed by atoms with Crippen LogP contribution in [0.2, 0.25) is 0 Å². The van der Waals surface area contributed by atoms with Crippen molar-refractivity contribution >= 4 is 33.7 Å². The summed E-state index contributed by atoms with van der Waals surface area (Å²) in [5.41, 5.74) is 0. The average Bonchev–Trinajstić information content (AvgIpc) is 2.44. The molecule has 0 aromatic heterocycles. The van der Waals surface area contributed by atoms with Gasteiger partial charge in [0, 0.05) is 44.1 Å². The van der Waals surface area contributed by atoms with Gasteiger partial charge in [0.1, 0.15) is 5.03 Å². The molecule has 0 aliphatic carbocycles. The first-order valence-corrected chi connectivity index (χ1v) is 9.11. The van der Waals surface area contributed by atoms with Gasteiger partial charge in [-0.25, -0.2) is 0 Å². The Kier molecular flexibility index (Phi) is 6.26. The van der Waals surface area contributed by atoms with Crippen molar-refractivity contribution in [1.29, 1.82) is 0 Å². The Hall–Kier alpha value is -0.460. The molecule has 2 heterocycles. The van der Waals surface area contributed by atoms with Gasteiger partial charge < -0.3 is 10.2 Å². The van der Waals surface area contributed by atoms with Crippen LogP contribution in [0.3, 0.4) is 0 Å². The summed E-state index contributed by atoms with van der Waals surface area (Å²) in [5, 5.41) is 4.43. The van der Waals surface area contributed by atoms with E-state index in [0.29, 0.717) is 12.5 Å². The molecule has 19 heavy (non-hydrogen) atoms. The minimum Gasteiger partial charge on any atom is -0.340 e. The van der Waals surface area contributed by atoms with Crippen LogP contribution in [0.1, 0.15) is 26.2 Å². The zero-order valence-corrected chi connectivity index (χ0v) is 12.9. The van der Waals surface area contributed by atoms with Crippen LogP contribution in [-0.4, -0.2) is 48.5 Å². The molecule has 0 radical (unpaired) electrons. The number of piperazine rings is 1. The van der Waals surface area contributed by atoms with Gasteiger partial charge in [-0.05, 0) is 30.6 Å². The number of aliphatic imine (C=N–C) groups is 1. The van der Waals surface area contributed by atoms with E-state index in [1.54, 1.807) is 21.6 Å². The Labute approximate surface area is 122 Å². The molecule has 1 atom stereocenters. The average molecular weight is 299 g/mol. The number of allylic oxidation sites excluding steroid dienone is 1. The number of amides is 1. The van der Waals surface area contributed by atoms with Gasteiger partial charge in [0.25, 0.3) is 0 Å². The molecule has 0 aromatic rings. The van der Waals surface area contributed by atoms with Crippen LogP contribution in [0, 0.1) is 0 Å². The zero-order chi connectivity index (χ0) is 13.5. The highest BCUT2D eigenvalue weighted by molar-refractivity contribution is 8.78. The van der Waals surface area contributed by atoms with Crippen LogP contribution < -0.4 is 5.32 Å². The molecule has 1 fully saturated rings. The fourth-order valence-corrected chi connectivity index (χ4v) is 4.05. The minimum atomic E-state index is 0.280. The zero-order valence-electron chi connectivity index (χ0n) is 11.3. The van der Waals surface area contributed by atoms with Crippen molar-refractivity contribution in [3.05, 3.63) is 11.1 Å². The molecule has 1 N–H and O–H groups in total. The van der Waals surface area contributed by atoms with E-state index in [2.05, 4.69) is 23.3 Å². The van der Waals surface area contributed by atoms with E-state index in [9.17, 15) is 4.79 Å². The van der Waals surface area contributed by atoms with Crippen LogP contribution >= 0.6 is 21.6 Å². The van der Waals surface area contributed by atoms with Crippen molar-refractivity contribution in [1.82, 2.24) is 10.2 Å². The second-order valence-electron chi connectivity index (χ2n) is 4.78. The standard InChI is InChI=1S/C13H21N3OS2/c1-11-10-16(8-7-14-11)13(17)5-9-18-19-12-4-2-3-6-15-12/h4,6,11,14H,2-3,5,7-10H2,1H3. The first-order chi connectivity index (χ1) is 9.25. The third kappa shape index (κ3) is 5.20. The van der Waals surface area contributed by atoms with Gasteiger partial charge in [-0.3, -0.25) is 9.79 Å². The minimum absolute atomic E-state index is 0.280. The van der Waals surface area contributed by atoms with Crippen LogP contribution in [0.25, 0.3) is 0 Å². The molecule has 0 spiro atoms. The molecule has 106 valence electrons. The largest absolute Gasteiger partial charge is 0.340 e. The summed E-state index contributed by atoms with van der Waals surface area (Å²) < 4.78 is 0. The maximum atomic E-state index is 12.0. The lowest BCUT2D eigenvalue weighted by Crippen LogP contribution is -2.51. The molecule has 2 aliphatic heterocycles. The predicted molar refractivity (Wildman–Crippen MR) is 84.5 cm³/mol. The summed E-state index contributed by atoms with van der Waals surface area (Å²) in [5.74, 6) is 1.14. The van der Waals surface area contributed by atoms with Crippen molar-refractivity contribution in [2.24, 2.45) is 4.99 Å². The van der Waals surface area contributed by atoms with E-state index in [0.717, 1.165) is 43.3 Å². The smallest absolute Gasteiger partial charge is 0.223 e. The fraction of sp³-hybridized carbons (Fsp3) is 0.692. The normalized spacial score (nSPS) is 23.3. The summed E-state index contributed by atoms with van der Waals surface area (Å²) in [4.78, 5) is 18.3. The first kappa shape index (κ1) is 14.9. The molecule has 6 heteroatoms. The predicted octanol–water partition coefficient (Wildman–Crippen LogP) is 2.28. The molecular formula is C13H21N3OS2. The van der Waals surface area contributed by atoms with E-state index >= 15 is 0 Å². The van der Waals surface area contributed by atoms with Gasteiger partial charge >= 0.3 is 0 Å². The molecule has 2 aliphatic rings. The molecule has 2 rings (SSSR count). The number of hydrogen-bond donors (Lipinski definition) is 1. The Bertz CT molecular complexity index is 371. The highest BCUT2D eigenvalue weighted by Gasteiger charge is 2.19. The van der Waals surface area contributed by atoms with E-state index in [4.69, 9.17) is 0 Å². The molecule has 0 bridgehead atoms. The van der Waals surface area contributed by atoms with Gasteiger partial charge in [0.05, 0.1) is 0 Å². The third-order valence-corrected chi connectivity index (χ3v) is 5.40. The quantitative estimate of drug-likeness (QED) is 0.625. The lowest BCUT2D eigenvalue weighted by Gasteiger charge is -2.31. The summed E-state index contributed by atoms with van der Waals surface area (Å²) in [6, 6.07) is 0.418. The van der Waals surface area contributed by atoms with Crippen molar-refractivity contribution in [3.63, 3.8) is 0 Å². The summed E-state index contributed by atoms with van der Waals surface area (Å²) in [6.45, 7) is 4.72. The topological polar surface area (TPSA) is 44.7 Å². The summed E-state index contributed by atoms with van der Waals surface area (Å²) in [6.07, 6.45) is 6.90. The SMILES string of the molecule is CC1CN(C(=O)CCSSC2=CCCC=N2)CCN1. The van der Waals surface area contributed by atoms with E-state index in [1.807, 2.05) is 11.1 Å². The molecule has 1 unspecified atom stereocenters. The third-order valence-electron chi connectivity index (χ3n) is 3.10. The van der Waals surface area contributed by atoms with Crippen molar-refractivity contribution in [3.8, 4) is 0 Å². The Morgan fingerprint density at radius 3 is 3.21 bits per heavy atom. The molecule has 1 amide bonds. The van der Waals surface area contributed by atoms with Crippen LogP contribution in [0.5, 0.6) is 0 Å². The Balaban J connectivity index is 1.61. The van der Waals surface area contributed by atoms with Crippen molar-refractivity contribution < 1.29 is 4.79 Å². The highest BCUT2D eigenvalue weighted by Crippen LogP contribution is 2.32. The maximum Gasteiger partial charge on any atom is 0.223 e. The summed E-state index contributed by atoms with van der Waals surface area (Å²) in [7, 11) is 3.41. The highest BCUT2D eigenvalue weighted by atomic mass is 33.1. The lowest BCUT2D eigenvalue weighted by atomic mass is 10.2. The maximum absolute atomic E-state index is 12.0. The lowest BCUT2D eigenvalue weighted by molar-refractivity contribution is -0.131. The van der Waals surface area contributed by atoms with E-state index in [1.165, 1.54) is 0 Å². The van der Waals surface area contributed by atoms with Gasteiger partial charge in [-0.2, -0.15) is 0 Å². The second-order valence-corrected chi connectivity index (χ2v) is 7.22. The molecular weight excluding hydrogens is 278 g/mol. The summed E-state index contributed by atoms with van der Waals surface area (Å²) >= 11 is 0. The number of hydrogen-bond acceptors (Lipinski definition) is 5. The monoisotopic (exact) mass is 299 g/mol. The van der Waals surface area contributed by atoms with Gasteiger partial charge in [-0.15, -0.1) is 0 Å². The van der Waals surface area contributed by atoms with Crippen LogP contribution in [0.4, 0.5) is 0 Å². The van der Waals surface area contributed by atoms with Crippen LogP contribution in [0.15, 0.2) is 16.1 Å². The van der Waals surface area contributed by atoms with Crippen molar-refractivity contribution in [2.45, 2.75) is 32.2 Å². The molecule has 0 aromatic carbocycles. The number of nitrogens with zero attached hydrogens (tertiary/aromatic N) is 2. The number of carbonyl (C=O) groups is 1. The first-order valence-electron chi connectivity index (χ1n) is 6.79. The van der Waals surface area contributed by atoms with Gasteiger partial charge in [0.2, 0.25) is 5.91 Å². The van der Waals surface area contributed by atoms with Crippen LogP contribution in [-0.2, 0) is 4.79 Å². The second kappa shape index (κ2) is 7.97. The number of rotatable bonds is 5. The molecule has 0 saturated carbocycles. The Morgan fingerprint density at radius 2 is 2.47 bits per heavy atom. The Morgan fingerprint density at radius 1 is 1.58 bits per heavy atom. The van der Waals surface area contributed by atoms with Gasteiger partial charge in [-0.1, -0.05) is 16.9 Å².